The van der Waals surface area contributed by atoms with Gasteiger partial charge < -0.3 is 20.1 Å². The maximum atomic E-state index is 13.4. The Kier molecular flexibility index (Phi) is 7.26. The molecular weight excluding hydrogens is 489 g/mol. The van der Waals surface area contributed by atoms with Crippen LogP contribution in [0.1, 0.15) is 40.4 Å². The SMILES string of the molecule is COc1ccc(C(=O)Nc2ccc([C@@H]3OC(=O)N(Cc4ccc(F)cc4)[C@@H]3C(=O)NCC3CC3)cc2)cc1. The van der Waals surface area contributed by atoms with Gasteiger partial charge in [-0.1, -0.05) is 24.3 Å². The first kappa shape index (κ1) is 25.3. The smallest absolute Gasteiger partial charge is 0.411 e. The van der Waals surface area contributed by atoms with Crippen molar-refractivity contribution in [3.63, 3.8) is 0 Å². The summed E-state index contributed by atoms with van der Waals surface area (Å²) in [4.78, 5) is 40.1. The summed E-state index contributed by atoms with van der Waals surface area (Å²) in [6.07, 6.45) is 0.691. The number of nitrogens with one attached hydrogen (secondary N) is 2. The fourth-order valence-electron chi connectivity index (χ4n) is 4.37. The number of rotatable bonds is 9. The summed E-state index contributed by atoms with van der Waals surface area (Å²) in [5.41, 5.74) is 2.33. The van der Waals surface area contributed by atoms with Crippen molar-refractivity contribution in [2.75, 3.05) is 19.0 Å². The van der Waals surface area contributed by atoms with Crippen molar-refractivity contribution in [1.29, 1.82) is 0 Å². The van der Waals surface area contributed by atoms with Crippen LogP contribution in [0.4, 0.5) is 14.9 Å². The van der Waals surface area contributed by atoms with Crippen LogP contribution in [0.5, 0.6) is 5.75 Å². The van der Waals surface area contributed by atoms with Gasteiger partial charge in [0.15, 0.2) is 12.1 Å². The monoisotopic (exact) mass is 517 g/mol. The summed E-state index contributed by atoms with van der Waals surface area (Å²) in [5, 5.41) is 5.79. The molecule has 1 aliphatic heterocycles. The van der Waals surface area contributed by atoms with Crippen molar-refractivity contribution in [2.24, 2.45) is 5.92 Å². The number of halogens is 1. The lowest BCUT2D eigenvalue weighted by molar-refractivity contribution is -0.126. The predicted molar refractivity (Wildman–Crippen MR) is 138 cm³/mol. The Morgan fingerprint density at radius 2 is 1.68 bits per heavy atom. The highest BCUT2D eigenvalue weighted by molar-refractivity contribution is 6.04. The zero-order chi connectivity index (χ0) is 26.6. The van der Waals surface area contributed by atoms with E-state index in [1.165, 1.54) is 17.0 Å². The van der Waals surface area contributed by atoms with Crippen molar-refractivity contribution in [3.8, 4) is 5.75 Å². The number of methoxy groups -OCH3 is 1. The van der Waals surface area contributed by atoms with Crippen LogP contribution in [0.15, 0.2) is 72.8 Å². The van der Waals surface area contributed by atoms with Crippen LogP contribution in [0.2, 0.25) is 0 Å². The molecule has 1 saturated carbocycles. The average molecular weight is 518 g/mol. The molecule has 3 aromatic carbocycles. The number of ether oxygens (including phenoxy) is 2. The van der Waals surface area contributed by atoms with E-state index < -0.39 is 18.2 Å². The van der Waals surface area contributed by atoms with Gasteiger partial charge in [0.25, 0.3) is 5.91 Å². The van der Waals surface area contributed by atoms with E-state index in [1.807, 2.05) is 0 Å². The van der Waals surface area contributed by atoms with Gasteiger partial charge in [-0.3, -0.25) is 14.5 Å². The van der Waals surface area contributed by atoms with Gasteiger partial charge in [-0.15, -0.1) is 0 Å². The molecule has 9 heteroatoms. The van der Waals surface area contributed by atoms with Crippen molar-refractivity contribution < 1.29 is 28.2 Å². The van der Waals surface area contributed by atoms with Gasteiger partial charge in [0.1, 0.15) is 11.6 Å². The molecule has 0 unspecified atom stereocenters. The first-order chi connectivity index (χ1) is 18.4. The molecule has 196 valence electrons. The standard InChI is InChI=1S/C29H28FN3O5/c1-37-24-14-8-21(9-15-24)27(34)32-23-12-6-20(7-13-23)26-25(28(35)31-16-18-2-3-18)33(29(36)38-26)17-19-4-10-22(30)11-5-19/h4-15,18,25-26H,2-3,16-17H2,1H3,(H,31,35)(H,32,34)/t25-,26-/m0/s1. The van der Waals surface area contributed by atoms with Crippen molar-refractivity contribution in [2.45, 2.75) is 31.5 Å². The molecule has 0 radical (unpaired) electrons. The van der Waals surface area contributed by atoms with Crippen LogP contribution < -0.4 is 15.4 Å². The van der Waals surface area contributed by atoms with Crippen LogP contribution in [0.25, 0.3) is 0 Å². The molecule has 3 amide bonds. The number of cyclic esters (lactones) is 1. The molecule has 2 atom stereocenters. The number of carbonyl (C=O) groups is 3. The molecule has 1 saturated heterocycles. The van der Waals surface area contributed by atoms with Gasteiger partial charge in [-0.05, 0) is 78.4 Å². The van der Waals surface area contributed by atoms with E-state index in [-0.39, 0.29) is 24.2 Å². The Morgan fingerprint density at radius 3 is 2.32 bits per heavy atom. The molecule has 2 fully saturated rings. The Balaban J connectivity index is 1.32. The Morgan fingerprint density at radius 1 is 1.00 bits per heavy atom. The normalized spacial score (nSPS) is 18.6. The summed E-state index contributed by atoms with van der Waals surface area (Å²) >= 11 is 0. The largest absolute Gasteiger partial charge is 0.497 e. The quantitative estimate of drug-likeness (QED) is 0.430. The highest BCUT2D eigenvalue weighted by Crippen LogP contribution is 2.35. The van der Waals surface area contributed by atoms with Crippen LogP contribution in [0, 0.1) is 11.7 Å². The highest BCUT2D eigenvalue weighted by atomic mass is 19.1. The average Bonchev–Trinajstić information content (AvgIpc) is 3.71. The fraction of sp³-hybridized carbons (Fsp3) is 0.276. The van der Waals surface area contributed by atoms with Crippen molar-refractivity contribution in [1.82, 2.24) is 10.2 Å². The lowest BCUT2D eigenvalue weighted by Gasteiger charge is -2.24. The summed E-state index contributed by atoms with van der Waals surface area (Å²) in [6.45, 7) is 0.657. The molecule has 0 spiro atoms. The zero-order valence-corrected chi connectivity index (χ0v) is 20.9. The first-order valence-corrected chi connectivity index (χ1v) is 12.5. The first-order valence-electron chi connectivity index (χ1n) is 12.5. The zero-order valence-electron chi connectivity index (χ0n) is 20.9. The molecule has 1 heterocycles. The van der Waals surface area contributed by atoms with E-state index in [0.717, 1.165) is 12.8 Å². The summed E-state index contributed by atoms with van der Waals surface area (Å²) in [7, 11) is 1.56. The van der Waals surface area contributed by atoms with E-state index in [2.05, 4.69) is 10.6 Å². The van der Waals surface area contributed by atoms with Gasteiger partial charge >= 0.3 is 6.09 Å². The molecule has 5 rings (SSSR count). The summed E-state index contributed by atoms with van der Waals surface area (Å²) in [5.74, 6) is 0.159. The van der Waals surface area contributed by atoms with Gasteiger partial charge in [0.05, 0.1) is 13.7 Å². The molecule has 2 aliphatic rings. The van der Waals surface area contributed by atoms with Crippen LogP contribution in [-0.4, -0.2) is 42.5 Å². The lowest BCUT2D eigenvalue weighted by atomic mass is 10.00. The van der Waals surface area contributed by atoms with Crippen molar-refractivity contribution >= 4 is 23.6 Å². The molecule has 38 heavy (non-hydrogen) atoms. The molecule has 8 nitrogen and oxygen atoms in total. The van der Waals surface area contributed by atoms with Crippen LogP contribution in [-0.2, 0) is 16.1 Å². The third-order valence-corrected chi connectivity index (χ3v) is 6.73. The number of anilines is 1. The highest BCUT2D eigenvalue weighted by Gasteiger charge is 2.47. The van der Waals surface area contributed by atoms with Crippen LogP contribution in [0.3, 0.4) is 0 Å². The van der Waals surface area contributed by atoms with E-state index in [4.69, 9.17) is 9.47 Å². The Hall–Kier alpha value is -4.40. The topological polar surface area (TPSA) is 97.0 Å². The van der Waals surface area contributed by atoms with Gasteiger partial charge in [-0.2, -0.15) is 0 Å². The van der Waals surface area contributed by atoms with E-state index in [9.17, 15) is 18.8 Å². The van der Waals surface area contributed by atoms with Gasteiger partial charge in [0, 0.05) is 17.8 Å². The number of hydrogen-bond acceptors (Lipinski definition) is 5. The third-order valence-electron chi connectivity index (χ3n) is 6.73. The second kappa shape index (κ2) is 10.9. The van der Waals surface area contributed by atoms with E-state index in [1.54, 1.807) is 67.8 Å². The summed E-state index contributed by atoms with van der Waals surface area (Å²) < 4.78 is 24.2. The number of benzene rings is 3. The molecule has 1 aliphatic carbocycles. The Labute approximate surface area is 219 Å². The minimum absolute atomic E-state index is 0.104. The van der Waals surface area contributed by atoms with E-state index in [0.29, 0.717) is 40.6 Å². The second-order valence-corrected chi connectivity index (χ2v) is 9.50. The minimum atomic E-state index is -0.897. The molecule has 0 bridgehead atoms. The molecular formula is C29H28FN3O5. The lowest BCUT2D eigenvalue weighted by Crippen LogP contribution is -2.46. The number of nitrogens with zero attached hydrogens (tertiary/aromatic N) is 1. The molecule has 0 aromatic heterocycles. The third kappa shape index (κ3) is 5.77. The predicted octanol–water partition coefficient (Wildman–Crippen LogP) is 4.67. The fourth-order valence-corrected chi connectivity index (χ4v) is 4.37. The molecule has 3 aromatic rings. The maximum Gasteiger partial charge on any atom is 0.411 e. The maximum absolute atomic E-state index is 13.4. The number of amides is 3. The van der Waals surface area contributed by atoms with E-state index >= 15 is 0 Å². The number of carbonyl (C=O) groups excluding carboxylic acids is 3. The Bertz CT molecular complexity index is 1310. The van der Waals surface area contributed by atoms with Crippen LogP contribution >= 0.6 is 0 Å². The van der Waals surface area contributed by atoms with Gasteiger partial charge in [-0.25, -0.2) is 9.18 Å². The van der Waals surface area contributed by atoms with Crippen molar-refractivity contribution in [3.05, 3.63) is 95.3 Å². The second-order valence-electron chi connectivity index (χ2n) is 9.50. The number of hydrogen-bond donors (Lipinski definition) is 2. The minimum Gasteiger partial charge on any atom is -0.497 e. The summed E-state index contributed by atoms with van der Waals surface area (Å²) in [6, 6.07) is 18.5. The molecule has 2 N–H and O–H groups in total. The van der Waals surface area contributed by atoms with Gasteiger partial charge in [0.2, 0.25) is 5.91 Å².